The predicted molar refractivity (Wildman–Crippen MR) is 114 cm³/mol. The first-order valence-electron chi connectivity index (χ1n) is 8.07. The van der Waals surface area contributed by atoms with E-state index in [0.717, 1.165) is 10.3 Å². The summed E-state index contributed by atoms with van der Waals surface area (Å²) in [5.74, 6) is -0.558. The molecule has 0 aliphatic carbocycles. The molecule has 0 saturated carbocycles. The number of hydrogen-bond donors (Lipinski definition) is 0. The Kier molecular flexibility index (Phi) is 8.64. The van der Waals surface area contributed by atoms with Crippen molar-refractivity contribution in [2.75, 3.05) is 23.4 Å². The third-order valence-corrected chi connectivity index (χ3v) is 8.89. The minimum atomic E-state index is -3.63. The normalized spacial score (nSPS) is 12.7. The fourth-order valence-corrected chi connectivity index (χ4v) is 5.27. The van der Waals surface area contributed by atoms with Crippen molar-refractivity contribution in [2.24, 2.45) is 5.92 Å². The average Bonchev–Trinajstić information content (AvgIpc) is 2.43. The molecule has 1 aromatic carbocycles. The van der Waals surface area contributed by atoms with Crippen molar-refractivity contribution in [1.29, 1.82) is 0 Å². The number of nitrogens with zero attached hydrogens (tertiary/aromatic N) is 1. The molecule has 0 heterocycles. The van der Waals surface area contributed by atoms with Gasteiger partial charge in [-0.25, -0.2) is 17.1 Å². The van der Waals surface area contributed by atoms with Crippen LogP contribution in [0.4, 0.5) is 10.1 Å². The molecule has 25 heavy (non-hydrogen) atoms. The van der Waals surface area contributed by atoms with Gasteiger partial charge in [0, 0.05) is 14.7 Å². The summed E-state index contributed by atoms with van der Waals surface area (Å²) in [6.07, 6.45) is 0. The first kappa shape index (κ1) is 23.1. The quantitative estimate of drug-likeness (QED) is 0.148. The molecule has 4 nitrogen and oxygen atoms in total. The third kappa shape index (κ3) is 7.32. The molecule has 144 valence electrons. The standard InChI is InChI=1S/C16H26ClFINO3SSi/c1-12(2)10-24(21,22)20(11-23-8-9-25(3,4)5)14-7-6-13(18)16(19)15(14)17/h6-7,12H,8-11H2,1-5H3. The summed E-state index contributed by atoms with van der Waals surface area (Å²) in [7, 11) is -4.91. The highest BCUT2D eigenvalue weighted by Gasteiger charge is 2.27. The van der Waals surface area contributed by atoms with Gasteiger partial charge in [-0.2, -0.15) is 0 Å². The van der Waals surface area contributed by atoms with Crippen LogP contribution >= 0.6 is 34.2 Å². The monoisotopic (exact) mass is 521 g/mol. The number of ether oxygens (including phenoxy) is 1. The molecule has 1 rings (SSSR count). The highest BCUT2D eigenvalue weighted by atomic mass is 127. The molecular weight excluding hydrogens is 496 g/mol. The van der Waals surface area contributed by atoms with Crippen molar-refractivity contribution in [3.63, 3.8) is 0 Å². The minimum Gasteiger partial charge on any atom is -0.360 e. The second-order valence-electron chi connectivity index (χ2n) is 7.56. The highest BCUT2D eigenvalue weighted by molar-refractivity contribution is 14.1. The molecule has 0 spiro atoms. The van der Waals surface area contributed by atoms with Gasteiger partial charge in [0.2, 0.25) is 10.0 Å². The second kappa shape index (κ2) is 9.34. The molecule has 0 amide bonds. The van der Waals surface area contributed by atoms with E-state index in [1.54, 1.807) is 22.6 Å². The Morgan fingerprint density at radius 2 is 1.92 bits per heavy atom. The van der Waals surface area contributed by atoms with Gasteiger partial charge >= 0.3 is 0 Å². The van der Waals surface area contributed by atoms with Gasteiger partial charge in [-0.1, -0.05) is 45.1 Å². The smallest absolute Gasteiger partial charge is 0.237 e. The van der Waals surface area contributed by atoms with E-state index in [1.807, 2.05) is 13.8 Å². The van der Waals surface area contributed by atoms with Crippen LogP contribution in [0, 0.1) is 15.3 Å². The lowest BCUT2D eigenvalue weighted by atomic mass is 10.3. The highest BCUT2D eigenvalue weighted by Crippen LogP contribution is 2.34. The van der Waals surface area contributed by atoms with Gasteiger partial charge in [0.1, 0.15) is 12.5 Å². The van der Waals surface area contributed by atoms with Gasteiger partial charge < -0.3 is 4.74 Å². The molecule has 0 atom stereocenters. The van der Waals surface area contributed by atoms with Crippen molar-refractivity contribution in [1.82, 2.24) is 0 Å². The summed E-state index contributed by atoms with van der Waals surface area (Å²) in [4.78, 5) is 0. The van der Waals surface area contributed by atoms with Crippen LogP contribution in [-0.4, -0.2) is 35.6 Å². The minimum absolute atomic E-state index is 0.0331. The lowest BCUT2D eigenvalue weighted by Gasteiger charge is -2.27. The van der Waals surface area contributed by atoms with E-state index in [2.05, 4.69) is 19.6 Å². The fourth-order valence-electron chi connectivity index (χ4n) is 2.05. The number of halogens is 3. The molecule has 0 aliphatic heterocycles. The predicted octanol–water partition coefficient (Wildman–Crippen LogP) is 5.19. The molecule has 0 aliphatic rings. The molecule has 0 fully saturated rings. The van der Waals surface area contributed by atoms with E-state index >= 15 is 0 Å². The van der Waals surface area contributed by atoms with Gasteiger partial charge in [0.05, 0.1) is 20.0 Å². The Labute approximate surface area is 170 Å². The molecule has 0 radical (unpaired) electrons. The van der Waals surface area contributed by atoms with Crippen molar-refractivity contribution < 1.29 is 17.5 Å². The van der Waals surface area contributed by atoms with E-state index in [9.17, 15) is 12.8 Å². The van der Waals surface area contributed by atoms with Gasteiger partial charge in [0.25, 0.3) is 0 Å². The summed E-state index contributed by atoms with van der Waals surface area (Å²) in [5.41, 5.74) is 0.251. The molecular formula is C16H26ClFINO3SSi. The van der Waals surface area contributed by atoms with Crippen LogP contribution in [-0.2, 0) is 14.8 Å². The zero-order valence-corrected chi connectivity index (χ0v) is 20.0. The molecule has 1 aromatic rings. The summed E-state index contributed by atoms with van der Waals surface area (Å²) in [6, 6.07) is 3.54. The Bertz CT molecular complexity index is 695. The van der Waals surface area contributed by atoms with Crippen LogP contribution in [0.5, 0.6) is 0 Å². The first-order chi connectivity index (χ1) is 11.3. The maximum Gasteiger partial charge on any atom is 0.237 e. The SMILES string of the molecule is CC(C)CS(=O)(=O)N(COCC[Si](C)(C)C)c1ccc(F)c(I)c1Cl. The molecule has 0 aromatic heterocycles. The number of sulfonamides is 1. The lowest BCUT2D eigenvalue weighted by molar-refractivity contribution is 0.156. The maximum atomic E-state index is 13.7. The fraction of sp³-hybridized carbons (Fsp3) is 0.625. The second-order valence-corrected chi connectivity index (χ2v) is 16.6. The van der Waals surface area contributed by atoms with E-state index in [0.29, 0.717) is 6.61 Å². The molecule has 9 heteroatoms. The van der Waals surface area contributed by atoms with Gasteiger partial charge in [-0.15, -0.1) is 0 Å². The third-order valence-electron chi connectivity index (χ3n) is 3.37. The lowest BCUT2D eigenvalue weighted by Crippen LogP contribution is -2.37. The number of benzene rings is 1. The van der Waals surface area contributed by atoms with Crippen molar-refractivity contribution in [2.45, 2.75) is 39.5 Å². The van der Waals surface area contributed by atoms with E-state index < -0.39 is 23.9 Å². The Morgan fingerprint density at radius 1 is 1.32 bits per heavy atom. The van der Waals surface area contributed by atoms with Gasteiger partial charge in [0.15, 0.2) is 0 Å². The number of anilines is 1. The molecule has 0 bridgehead atoms. The van der Waals surface area contributed by atoms with E-state index in [-0.39, 0.29) is 32.7 Å². The van der Waals surface area contributed by atoms with E-state index in [1.165, 1.54) is 12.1 Å². The van der Waals surface area contributed by atoms with Crippen LogP contribution in [0.2, 0.25) is 30.7 Å². The van der Waals surface area contributed by atoms with Crippen LogP contribution in [0.15, 0.2) is 12.1 Å². The Morgan fingerprint density at radius 3 is 2.44 bits per heavy atom. The van der Waals surface area contributed by atoms with Crippen LogP contribution < -0.4 is 4.31 Å². The van der Waals surface area contributed by atoms with E-state index in [4.69, 9.17) is 16.3 Å². The summed E-state index contributed by atoms with van der Waals surface area (Å²) in [6.45, 7) is 10.7. The number of hydrogen-bond acceptors (Lipinski definition) is 3. The van der Waals surface area contributed by atoms with Crippen molar-refractivity contribution in [3.8, 4) is 0 Å². The Hall–Kier alpha value is 0.0969. The Balaban J connectivity index is 3.10. The van der Waals surface area contributed by atoms with Gasteiger partial charge in [-0.3, -0.25) is 0 Å². The molecule has 0 saturated heterocycles. The topological polar surface area (TPSA) is 46.6 Å². The summed E-state index contributed by atoms with van der Waals surface area (Å²) >= 11 is 7.99. The largest absolute Gasteiger partial charge is 0.360 e. The van der Waals surface area contributed by atoms with Crippen LogP contribution in [0.25, 0.3) is 0 Å². The summed E-state index contributed by atoms with van der Waals surface area (Å²) < 4.78 is 46.2. The van der Waals surface area contributed by atoms with Crippen LogP contribution in [0.1, 0.15) is 13.8 Å². The van der Waals surface area contributed by atoms with Crippen molar-refractivity contribution >= 4 is 58.0 Å². The maximum absolute atomic E-state index is 13.7. The molecule has 0 N–H and O–H groups in total. The van der Waals surface area contributed by atoms with Crippen molar-refractivity contribution in [3.05, 3.63) is 26.5 Å². The summed E-state index contributed by atoms with van der Waals surface area (Å²) in [5, 5.41) is 0.0849. The average molecular weight is 522 g/mol. The zero-order valence-electron chi connectivity index (χ0n) is 15.3. The number of rotatable bonds is 9. The van der Waals surface area contributed by atoms with Crippen LogP contribution in [0.3, 0.4) is 0 Å². The zero-order chi connectivity index (χ0) is 19.4. The van der Waals surface area contributed by atoms with Gasteiger partial charge in [-0.05, 0) is 46.7 Å². The first-order valence-corrected chi connectivity index (χ1v) is 14.8. The molecule has 0 unspecified atom stereocenters.